The second kappa shape index (κ2) is 7.24. The average molecular weight is 256 g/mol. The molecule has 4 nitrogen and oxygen atoms in total. The highest BCUT2D eigenvalue weighted by molar-refractivity contribution is 4.96. The van der Waals surface area contributed by atoms with E-state index in [9.17, 15) is 10.2 Å². The van der Waals surface area contributed by atoms with Crippen LogP contribution in [0.2, 0.25) is 0 Å². The number of nitrogens with zero attached hydrogens (tertiary/aromatic N) is 1. The number of hydrogen-bond donors (Lipinski definition) is 3. The van der Waals surface area contributed by atoms with Gasteiger partial charge in [0.15, 0.2) is 0 Å². The SMILES string of the molecule is CC(C)=CCN1CCC(NC(C)(CO)CO)CC1. The van der Waals surface area contributed by atoms with Gasteiger partial charge in [-0.1, -0.05) is 11.6 Å². The Morgan fingerprint density at radius 3 is 2.28 bits per heavy atom. The summed E-state index contributed by atoms with van der Waals surface area (Å²) in [5.41, 5.74) is 0.815. The lowest BCUT2D eigenvalue weighted by Crippen LogP contribution is -2.56. The molecule has 1 aliphatic rings. The van der Waals surface area contributed by atoms with Crippen LogP contribution in [0.3, 0.4) is 0 Å². The number of allylic oxidation sites excluding steroid dienone is 1. The van der Waals surface area contributed by atoms with Gasteiger partial charge in [0.1, 0.15) is 0 Å². The number of aliphatic hydroxyl groups is 2. The molecule has 106 valence electrons. The lowest BCUT2D eigenvalue weighted by molar-refractivity contribution is 0.0813. The van der Waals surface area contributed by atoms with Crippen molar-refractivity contribution in [1.82, 2.24) is 10.2 Å². The van der Waals surface area contributed by atoms with E-state index in [0.29, 0.717) is 6.04 Å². The van der Waals surface area contributed by atoms with Gasteiger partial charge in [-0.15, -0.1) is 0 Å². The van der Waals surface area contributed by atoms with E-state index in [0.717, 1.165) is 32.5 Å². The van der Waals surface area contributed by atoms with Gasteiger partial charge >= 0.3 is 0 Å². The van der Waals surface area contributed by atoms with Crippen molar-refractivity contribution in [1.29, 1.82) is 0 Å². The highest BCUT2D eigenvalue weighted by atomic mass is 16.3. The summed E-state index contributed by atoms with van der Waals surface area (Å²) in [5, 5.41) is 21.9. The van der Waals surface area contributed by atoms with Crippen molar-refractivity contribution in [3.63, 3.8) is 0 Å². The third-order valence-corrected chi connectivity index (χ3v) is 3.60. The van der Waals surface area contributed by atoms with Crippen molar-refractivity contribution >= 4 is 0 Å². The van der Waals surface area contributed by atoms with Crippen molar-refractivity contribution in [2.75, 3.05) is 32.8 Å². The molecule has 1 fully saturated rings. The van der Waals surface area contributed by atoms with Gasteiger partial charge in [-0.2, -0.15) is 0 Å². The molecule has 0 radical (unpaired) electrons. The largest absolute Gasteiger partial charge is 0.394 e. The first-order valence-electron chi connectivity index (χ1n) is 6.84. The molecule has 3 N–H and O–H groups in total. The van der Waals surface area contributed by atoms with Crippen LogP contribution in [0.1, 0.15) is 33.6 Å². The zero-order valence-electron chi connectivity index (χ0n) is 11.9. The monoisotopic (exact) mass is 256 g/mol. The van der Waals surface area contributed by atoms with Crippen molar-refractivity contribution in [2.24, 2.45) is 0 Å². The normalized spacial score (nSPS) is 18.9. The molecule has 0 aromatic carbocycles. The Morgan fingerprint density at radius 1 is 1.28 bits per heavy atom. The van der Waals surface area contributed by atoms with Gasteiger partial charge in [-0.25, -0.2) is 0 Å². The second-order valence-electron chi connectivity index (χ2n) is 5.88. The van der Waals surface area contributed by atoms with Gasteiger partial charge in [-0.3, -0.25) is 4.90 Å². The highest BCUT2D eigenvalue weighted by Gasteiger charge is 2.27. The van der Waals surface area contributed by atoms with Gasteiger partial charge in [0.05, 0.1) is 18.8 Å². The zero-order valence-corrected chi connectivity index (χ0v) is 11.9. The lowest BCUT2D eigenvalue weighted by atomic mass is 9.98. The summed E-state index contributed by atoms with van der Waals surface area (Å²) >= 11 is 0. The Morgan fingerprint density at radius 2 is 1.83 bits per heavy atom. The van der Waals surface area contributed by atoms with Crippen molar-refractivity contribution < 1.29 is 10.2 Å². The van der Waals surface area contributed by atoms with Crippen LogP contribution in [0.15, 0.2) is 11.6 Å². The minimum atomic E-state index is -0.549. The van der Waals surface area contributed by atoms with E-state index in [-0.39, 0.29) is 13.2 Å². The highest BCUT2D eigenvalue weighted by Crippen LogP contribution is 2.14. The smallest absolute Gasteiger partial charge is 0.0633 e. The molecule has 0 saturated carbocycles. The molecule has 0 atom stereocenters. The van der Waals surface area contributed by atoms with E-state index < -0.39 is 5.54 Å². The van der Waals surface area contributed by atoms with Crippen LogP contribution in [0.5, 0.6) is 0 Å². The van der Waals surface area contributed by atoms with Crippen molar-refractivity contribution in [2.45, 2.75) is 45.2 Å². The molecule has 0 unspecified atom stereocenters. The zero-order chi connectivity index (χ0) is 13.6. The second-order valence-corrected chi connectivity index (χ2v) is 5.88. The van der Waals surface area contributed by atoms with Crippen molar-refractivity contribution in [3.05, 3.63) is 11.6 Å². The predicted octanol–water partition coefficient (Wildman–Crippen LogP) is 0.750. The van der Waals surface area contributed by atoms with Crippen LogP contribution >= 0.6 is 0 Å². The Bertz CT molecular complexity index is 263. The number of piperidine rings is 1. The van der Waals surface area contributed by atoms with Gasteiger partial charge in [0.25, 0.3) is 0 Å². The molecule has 1 heterocycles. The van der Waals surface area contributed by atoms with E-state index in [1.165, 1.54) is 5.57 Å². The Balaban J connectivity index is 2.33. The molecule has 0 aromatic rings. The quantitative estimate of drug-likeness (QED) is 0.614. The summed E-state index contributed by atoms with van der Waals surface area (Å²) in [6.45, 7) is 9.26. The first kappa shape index (κ1) is 15.6. The van der Waals surface area contributed by atoms with E-state index in [1.54, 1.807) is 0 Å². The topological polar surface area (TPSA) is 55.7 Å². The fourth-order valence-corrected chi connectivity index (χ4v) is 2.21. The maximum absolute atomic E-state index is 9.27. The maximum Gasteiger partial charge on any atom is 0.0633 e. The molecular formula is C14H28N2O2. The molecule has 0 aromatic heterocycles. The van der Waals surface area contributed by atoms with E-state index in [4.69, 9.17) is 0 Å². The Labute approximate surface area is 111 Å². The van der Waals surface area contributed by atoms with E-state index in [2.05, 4.69) is 30.1 Å². The van der Waals surface area contributed by atoms with Gasteiger partial charge in [0.2, 0.25) is 0 Å². The predicted molar refractivity (Wildman–Crippen MR) is 74.6 cm³/mol. The minimum Gasteiger partial charge on any atom is -0.394 e. The van der Waals surface area contributed by atoms with Crippen LogP contribution in [0.25, 0.3) is 0 Å². The first-order valence-corrected chi connectivity index (χ1v) is 6.84. The third-order valence-electron chi connectivity index (χ3n) is 3.60. The number of rotatable bonds is 6. The van der Waals surface area contributed by atoms with Crippen LogP contribution < -0.4 is 5.32 Å². The molecular weight excluding hydrogens is 228 g/mol. The minimum absolute atomic E-state index is 0.0263. The molecule has 0 bridgehead atoms. The standard InChI is InChI=1S/C14H28N2O2/c1-12(2)4-7-16-8-5-13(6-9-16)15-14(3,10-17)11-18/h4,13,15,17-18H,5-11H2,1-3H3. The molecule has 18 heavy (non-hydrogen) atoms. The van der Waals surface area contributed by atoms with Crippen LogP contribution in [-0.2, 0) is 0 Å². The number of aliphatic hydroxyl groups excluding tert-OH is 2. The van der Waals surface area contributed by atoms with Crippen LogP contribution in [-0.4, -0.2) is 59.5 Å². The number of nitrogens with one attached hydrogen (secondary N) is 1. The summed E-state index contributed by atoms with van der Waals surface area (Å²) < 4.78 is 0. The summed E-state index contributed by atoms with van der Waals surface area (Å²) in [7, 11) is 0. The van der Waals surface area contributed by atoms with Crippen LogP contribution in [0.4, 0.5) is 0 Å². The summed E-state index contributed by atoms with van der Waals surface area (Å²) in [6.07, 6.45) is 4.41. The molecule has 0 amide bonds. The fourth-order valence-electron chi connectivity index (χ4n) is 2.21. The van der Waals surface area contributed by atoms with Gasteiger partial charge in [-0.05, 0) is 46.7 Å². The maximum atomic E-state index is 9.27. The molecule has 0 spiro atoms. The Kier molecular flexibility index (Phi) is 6.29. The number of likely N-dealkylation sites (tertiary alicyclic amines) is 1. The molecule has 4 heteroatoms. The first-order chi connectivity index (χ1) is 8.49. The van der Waals surface area contributed by atoms with E-state index >= 15 is 0 Å². The molecule has 0 aliphatic carbocycles. The summed E-state index contributed by atoms with van der Waals surface area (Å²) in [4.78, 5) is 2.44. The van der Waals surface area contributed by atoms with Gasteiger partial charge < -0.3 is 15.5 Å². The average Bonchev–Trinajstić information content (AvgIpc) is 2.37. The lowest BCUT2D eigenvalue weighted by Gasteiger charge is -2.37. The summed E-state index contributed by atoms with van der Waals surface area (Å²) in [6, 6.07) is 0.400. The Hall–Kier alpha value is -0.420. The molecule has 1 aliphatic heterocycles. The van der Waals surface area contributed by atoms with Crippen LogP contribution in [0, 0.1) is 0 Å². The fraction of sp³-hybridized carbons (Fsp3) is 0.857. The third kappa shape index (κ3) is 5.06. The molecule has 1 saturated heterocycles. The van der Waals surface area contributed by atoms with Gasteiger partial charge in [0, 0.05) is 12.6 Å². The molecule has 1 rings (SSSR count). The van der Waals surface area contributed by atoms with Crippen molar-refractivity contribution in [3.8, 4) is 0 Å². The van der Waals surface area contributed by atoms with E-state index in [1.807, 2.05) is 6.92 Å². The number of hydrogen-bond acceptors (Lipinski definition) is 4. The summed E-state index contributed by atoms with van der Waals surface area (Å²) in [5.74, 6) is 0.